The van der Waals surface area contributed by atoms with Gasteiger partial charge < -0.3 is 13.9 Å². The molecule has 1 aromatic rings. The first-order chi connectivity index (χ1) is 9.24. The summed E-state index contributed by atoms with van der Waals surface area (Å²) in [7, 11) is 2.85. The maximum atomic E-state index is 11.7. The van der Waals surface area contributed by atoms with E-state index in [4.69, 9.17) is 13.9 Å². The summed E-state index contributed by atoms with van der Waals surface area (Å²) in [4.78, 5) is 11.7. The van der Waals surface area contributed by atoms with Crippen LogP contribution in [0.15, 0.2) is 10.7 Å². The molecule has 0 saturated heterocycles. The summed E-state index contributed by atoms with van der Waals surface area (Å²) < 4.78 is 15.0. The molecule has 4 heteroatoms. The molecule has 0 aliphatic carbocycles. The predicted octanol–water partition coefficient (Wildman–Crippen LogP) is 3.98. The van der Waals surface area contributed by atoms with Crippen molar-refractivity contribution >= 4 is 5.97 Å². The number of ether oxygens (including phenoxy) is 2. The molecule has 0 saturated carbocycles. The van der Waals surface area contributed by atoms with Crippen molar-refractivity contribution in [3.05, 3.63) is 17.4 Å². The molecule has 0 N–H and O–H groups in total. The summed E-state index contributed by atoms with van der Waals surface area (Å²) in [6.45, 7) is 2.21. The van der Waals surface area contributed by atoms with Crippen LogP contribution in [-0.4, -0.2) is 20.2 Å². The third kappa shape index (κ3) is 4.62. The van der Waals surface area contributed by atoms with Crippen molar-refractivity contribution in [2.75, 3.05) is 14.2 Å². The van der Waals surface area contributed by atoms with Crippen molar-refractivity contribution in [1.29, 1.82) is 0 Å². The first kappa shape index (κ1) is 15.6. The van der Waals surface area contributed by atoms with Gasteiger partial charge in [0.1, 0.15) is 5.56 Å². The van der Waals surface area contributed by atoms with Gasteiger partial charge in [-0.25, -0.2) is 4.79 Å². The van der Waals surface area contributed by atoms with Gasteiger partial charge in [0.05, 0.1) is 20.5 Å². The number of hydrogen-bond donors (Lipinski definition) is 0. The fraction of sp³-hybridized carbons (Fsp3) is 0.667. The van der Waals surface area contributed by atoms with Crippen molar-refractivity contribution in [2.45, 2.75) is 51.9 Å². The number of furan rings is 1. The Balaban J connectivity index is 2.49. The minimum Gasteiger partial charge on any atom is -0.468 e. The lowest BCUT2D eigenvalue weighted by atomic mass is 10.0. The van der Waals surface area contributed by atoms with Crippen molar-refractivity contribution in [2.24, 2.45) is 0 Å². The largest absolute Gasteiger partial charge is 0.468 e. The van der Waals surface area contributed by atoms with Gasteiger partial charge >= 0.3 is 5.97 Å². The van der Waals surface area contributed by atoms with Crippen molar-refractivity contribution in [3.63, 3.8) is 0 Å². The summed E-state index contributed by atoms with van der Waals surface area (Å²) in [5, 5.41) is 0. The minimum atomic E-state index is -0.397. The van der Waals surface area contributed by atoms with Crippen LogP contribution in [0.1, 0.15) is 61.4 Å². The lowest BCUT2D eigenvalue weighted by Gasteiger charge is -2.03. The Morgan fingerprint density at radius 2 is 1.84 bits per heavy atom. The number of methoxy groups -OCH3 is 2. The highest BCUT2D eigenvalue weighted by Gasteiger charge is 2.22. The van der Waals surface area contributed by atoms with Gasteiger partial charge in [-0.1, -0.05) is 39.0 Å². The van der Waals surface area contributed by atoms with Crippen molar-refractivity contribution in [3.8, 4) is 5.95 Å². The number of carbonyl (C=O) groups is 1. The number of rotatable bonds is 9. The summed E-state index contributed by atoms with van der Waals surface area (Å²) in [5.74, 6) is -0.153. The molecule has 0 aromatic carbocycles. The Morgan fingerprint density at radius 3 is 2.47 bits per heavy atom. The van der Waals surface area contributed by atoms with Crippen LogP contribution >= 0.6 is 0 Å². The standard InChI is InChI=1S/C15H24O4/c1-4-5-6-7-8-9-10-12-11-19-15(18-3)13(12)14(16)17-2/h11H,4-10H2,1-3H3. The van der Waals surface area contributed by atoms with Crippen LogP contribution in [0.4, 0.5) is 0 Å². The summed E-state index contributed by atoms with van der Waals surface area (Å²) >= 11 is 0. The van der Waals surface area contributed by atoms with E-state index in [0.717, 1.165) is 18.4 Å². The number of aryl methyl sites for hydroxylation is 1. The second-order valence-electron chi connectivity index (χ2n) is 4.64. The van der Waals surface area contributed by atoms with Crippen LogP contribution in [0.2, 0.25) is 0 Å². The summed E-state index contributed by atoms with van der Waals surface area (Å²) in [6, 6.07) is 0. The van der Waals surface area contributed by atoms with E-state index < -0.39 is 5.97 Å². The van der Waals surface area contributed by atoms with Gasteiger partial charge in [-0.15, -0.1) is 0 Å². The number of esters is 1. The molecule has 1 aromatic heterocycles. The molecule has 0 bridgehead atoms. The van der Waals surface area contributed by atoms with Gasteiger partial charge in [0.2, 0.25) is 0 Å². The smallest absolute Gasteiger partial charge is 0.345 e. The van der Waals surface area contributed by atoms with E-state index in [1.165, 1.54) is 46.3 Å². The Hall–Kier alpha value is -1.45. The van der Waals surface area contributed by atoms with Gasteiger partial charge in [-0.3, -0.25) is 0 Å². The molecule has 0 aliphatic heterocycles. The molecule has 0 unspecified atom stereocenters. The Kier molecular flexibility index (Phi) is 7.08. The molecular weight excluding hydrogens is 244 g/mol. The monoisotopic (exact) mass is 268 g/mol. The third-order valence-corrected chi connectivity index (χ3v) is 3.21. The number of carbonyl (C=O) groups excluding carboxylic acids is 1. The van der Waals surface area contributed by atoms with Gasteiger partial charge in [-0.2, -0.15) is 0 Å². The molecule has 0 radical (unpaired) electrons. The van der Waals surface area contributed by atoms with Crippen LogP contribution in [-0.2, 0) is 11.2 Å². The van der Waals surface area contributed by atoms with E-state index in [1.54, 1.807) is 6.26 Å². The highest BCUT2D eigenvalue weighted by Crippen LogP contribution is 2.27. The molecule has 4 nitrogen and oxygen atoms in total. The van der Waals surface area contributed by atoms with Crippen LogP contribution in [0.25, 0.3) is 0 Å². The lowest BCUT2D eigenvalue weighted by molar-refractivity contribution is 0.0593. The normalized spacial score (nSPS) is 10.5. The highest BCUT2D eigenvalue weighted by molar-refractivity contribution is 5.93. The minimum absolute atomic E-state index is 0.243. The maximum Gasteiger partial charge on any atom is 0.345 e. The molecular formula is C15H24O4. The topological polar surface area (TPSA) is 48.7 Å². The fourth-order valence-corrected chi connectivity index (χ4v) is 2.12. The molecule has 0 atom stereocenters. The summed E-state index contributed by atoms with van der Waals surface area (Å²) in [5.41, 5.74) is 1.30. The Morgan fingerprint density at radius 1 is 1.16 bits per heavy atom. The lowest BCUT2D eigenvalue weighted by Crippen LogP contribution is -2.05. The number of unbranched alkanes of at least 4 members (excludes halogenated alkanes) is 5. The molecule has 1 heterocycles. The average molecular weight is 268 g/mol. The molecule has 0 aliphatic rings. The zero-order valence-electron chi connectivity index (χ0n) is 12.2. The van der Waals surface area contributed by atoms with Crippen LogP contribution in [0.3, 0.4) is 0 Å². The van der Waals surface area contributed by atoms with E-state index in [2.05, 4.69) is 6.92 Å². The van der Waals surface area contributed by atoms with E-state index >= 15 is 0 Å². The van der Waals surface area contributed by atoms with Crippen molar-refractivity contribution in [1.82, 2.24) is 0 Å². The van der Waals surface area contributed by atoms with Gasteiger partial charge in [0.15, 0.2) is 0 Å². The summed E-state index contributed by atoms with van der Waals surface area (Å²) in [6.07, 6.45) is 9.73. The third-order valence-electron chi connectivity index (χ3n) is 3.21. The van der Waals surface area contributed by atoms with E-state index in [1.807, 2.05) is 0 Å². The van der Waals surface area contributed by atoms with E-state index in [0.29, 0.717) is 5.56 Å². The SMILES string of the molecule is CCCCCCCCc1coc(OC)c1C(=O)OC. The second-order valence-corrected chi connectivity index (χ2v) is 4.64. The quantitative estimate of drug-likeness (QED) is 0.502. The Bertz CT molecular complexity index is 381. The number of hydrogen-bond acceptors (Lipinski definition) is 4. The zero-order valence-corrected chi connectivity index (χ0v) is 12.2. The molecule has 1 rings (SSSR count). The van der Waals surface area contributed by atoms with Crippen LogP contribution in [0.5, 0.6) is 5.95 Å². The van der Waals surface area contributed by atoms with E-state index in [9.17, 15) is 4.79 Å². The van der Waals surface area contributed by atoms with Gasteiger partial charge in [-0.05, 0) is 12.8 Å². The molecule has 0 amide bonds. The van der Waals surface area contributed by atoms with E-state index in [-0.39, 0.29) is 5.95 Å². The first-order valence-corrected chi connectivity index (χ1v) is 6.97. The van der Waals surface area contributed by atoms with Crippen molar-refractivity contribution < 1.29 is 18.7 Å². The molecule has 0 spiro atoms. The Labute approximate surface area is 115 Å². The first-order valence-electron chi connectivity index (χ1n) is 6.97. The predicted molar refractivity (Wildman–Crippen MR) is 73.7 cm³/mol. The zero-order chi connectivity index (χ0) is 14.1. The second kappa shape index (κ2) is 8.62. The fourth-order valence-electron chi connectivity index (χ4n) is 2.12. The highest BCUT2D eigenvalue weighted by atomic mass is 16.6. The average Bonchev–Trinajstić information content (AvgIpc) is 2.84. The molecule has 19 heavy (non-hydrogen) atoms. The maximum absolute atomic E-state index is 11.7. The molecule has 108 valence electrons. The van der Waals surface area contributed by atoms with Crippen LogP contribution < -0.4 is 4.74 Å². The van der Waals surface area contributed by atoms with Gasteiger partial charge in [0.25, 0.3) is 5.95 Å². The van der Waals surface area contributed by atoms with Crippen LogP contribution in [0, 0.1) is 0 Å². The van der Waals surface area contributed by atoms with Gasteiger partial charge in [0, 0.05) is 5.56 Å². The molecule has 0 fully saturated rings.